The first-order chi connectivity index (χ1) is 17.8. The second kappa shape index (κ2) is 25.4. The number of nitrogens with zero attached hydrogens (tertiary/aromatic N) is 4. The topological polar surface area (TPSA) is 91.0 Å². The molecule has 6 nitrogen and oxygen atoms in total. The summed E-state index contributed by atoms with van der Waals surface area (Å²) in [5.74, 6) is 0. The van der Waals surface area contributed by atoms with Crippen LogP contribution in [0.3, 0.4) is 0 Å². The average molecular weight is 553 g/mol. The molecule has 0 spiro atoms. The van der Waals surface area contributed by atoms with Crippen LogP contribution in [0.25, 0.3) is 0 Å². The standard InChI is InChI=1S/2C15H24N2O.Fe/c2*1-2-3-4-5-6-7-8-12-15(17-18)14-11-9-10-13-16-14;/h2*9-11,13,18H,2-8,12H2,1H3;. The molecule has 0 aromatic carbocycles. The van der Waals surface area contributed by atoms with Crippen molar-refractivity contribution in [2.45, 2.75) is 117 Å². The monoisotopic (exact) mass is 552 g/mol. The molecule has 0 unspecified atom stereocenters. The quantitative estimate of drug-likeness (QED) is 0.0636. The first kappa shape index (κ1) is 34.8. The predicted octanol–water partition coefficient (Wildman–Crippen LogP) is 8.80. The van der Waals surface area contributed by atoms with E-state index in [9.17, 15) is 0 Å². The molecular weight excluding hydrogens is 504 g/mol. The Morgan fingerprint density at radius 3 is 1.22 bits per heavy atom. The van der Waals surface area contributed by atoms with Crippen molar-refractivity contribution in [2.75, 3.05) is 0 Å². The fourth-order valence-corrected chi connectivity index (χ4v) is 4.02. The van der Waals surface area contributed by atoms with Crippen molar-refractivity contribution in [1.82, 2.24) is 9.97 Å². The predicted molar refractivity (Wildman–Crippen MR) is 150 cm³/mol. The number of aromatic nitrogens is 2. The van der Waals surface area contributed by atoms with Gasteiger partial charge in [0.25, 0.3) is 0 Å². The summed E-state index contributed by atoms with van der Waals surface area (Å²) < 4.78 is 0. The van der Waals surface area contributed by atoms with Gasteiger partial charge >= 0.3 is 0 Å². The van der Waals surface area contributed by atoms with Crippen molar-refractivity contribution < 1.29 is 27.5 Å². The zero-order valence-electron chi connectivity index (χ0n) is 23.0. The van der Waals surface area contributed by atoms with Crippen LogP contribution in [0.4, 0.5) is 0 Å². The van der Waals surface area contributed by atoms with E-state index in [1.54, 1.807) is 12.4 Å². The second-order valence-electron chi connectivity index (χ2n) is 9.27. The molecule has 208 valence electrons. The maximum absolute atomic E-state index is 9.00. The summed E-state index contributed by atoms with van der Waals surface area (Å²) in [6.07, 6.45) is 22.8. The molecule has 0 aliphatic carbocycles. The van der Waals surface area contributed by atoms with E-state index in [0.29, 0.717) is 11.4 Å². The van der Waals surface area contributed by atoms with Gasteiger partial charge in [-0.3, -0.25) is 9.97 Å². The third-order valence-electron chi connectivity index (χ3n) is 6.20. The van der Waals surface area contributed by atoms with Crippen molar-refractivity contribution in [3.63, 3.8) is 0 Å². The molecule has 2 rings (SSSR count). The van der Waals surface area contributed by atoms with Gasteiger partial charge in [-0.2, -0.15) is 0 Å². The van der Waals surface area contributed by atoms with E-state index in [1.165, 1.54) is 77.0 Å². The van der Waals surface area contributed by atoms with Crippen LogP contribution in [-0.2, 0) is 17.1 Å². The maximum Gasteiger partial charge on any atom is 0.105 e. The third-order valence-corrected chi connectivity index (χ3v) is 6.20. The summed E-state index contributed by atoms with van der Waals surface area (Å²) in [7, 11) is 0. The van der Waals surface area contributed by atoms with Gasteiger partial charge in [0.15, 0.2) is 0 Å². The van der Waals surface area contributed by atoms with Crippen LogP contribution in [0.15, 0.2) is 59.1 Å². The van der Waals surface area contributed by atoms with Gasteiger partial charge in [-0.25, -0.2) is 0 Å². The van der Waals surface area contributed by atoms with Gasteiger partial charge in [0.1, 0.15) is 11.4 Å². The van der Waals surface area contributed by atoms with Crippen molar-refractivity contribution in [3.8, 4) is 0 Å². The maximum atomic E-state index is 9.00. The molecule has 0 bridgehead atoms. The number of oxime groups is 2. The molecule has 2 N–H and O–H groups in total. The van der Waals surface area contributed by atoms with E-state index < -0.39 is 0 Å². The largest absolute Gasteiger partial charge is 0.411 e. The minimum absolute atomic E-state index is 0. The molecule has 7 heteroatoms. The Hall–Kier alpha value is -2.24. The molecule has 0 saturated heterocycles. The zero-order valence-corrected chi connectivity index (χ0v) is 24.1. The molecule has 0 atom stereocenters. The van der Waals surface area contributed by atoms with Gasteiger partial charge < -0.3 is 10.4 Å². The van der Waals surface area contributed by atoms with Crippen molar-refractivity contribution in [2.24, 2.45) is 10.3 Å². The van der Waals surface area contributed by atoms with Crippen LogP contribution in [0.2, 0.25) is 0 Å². The summed E-state index contributed by atoms with van der Waals surface area (Å²) in [5.41, 5.74) is 2.96. The molecule has 0 saturated carbocycles. The molecule has 2 heterocycles. The smallest absolute Gasteiger partial charge is 0.105 e. The second-order valence-corrected chi connectivity index (χ2v) is 9.27. The Morgan fingerprint density at radius 2 is 0.919 bits per heavy atom. The number of hydrogen-bond donors (Lipinski definition) is 2. The van der Waals surface area contributed by atoms with Gasteiger partial charge in [-0.05, 0) is 49.9 Å². The fraction of sp³-hybridized carbons (Fsp3) is 0.600. The van der Waals surface area contributed by atoms with Gasteiger partial charge in [-0.1, -0.05) is 113 Å². The summed E-state index contributed by atoms with van der Waals surface area (Å²) in [5, 5.41) is 24.7. The van der Waals surface area contributed by atoms with Gasteiger partial charge in [0.2, 0.25) is 0 Å². The van der Waals surface area contributed by atoms with E-state index >= 15 is 0 Å². The molecule has 2 aromatic heterocycles. The number of unbranched alkanes of at least 4 members (excludes halogenated alkanes) is 12. The van der Waals surface area contributed by atoms with E-state index in [-0.39, 0.29) is 17.1 Å². The SMILES string of the molecule is CCCCCCCCCC(=NO)c1ccccn1.CCCCCCCCCC(=NO)c1ccccn1.[Fe]. The van der Waals surface area contributed by atoms with Crippen LogP contribution in [-0.4, -0.2) is 31.8 Å². The normalized spacial score (nSPS) is 11.4. The summed E-state index contributed by atoms with van der Waals surface area (Å²) >= 11 is 0. The fourth-order valence-electron chi connectivity index (χ4n) is 4.02. The van der Waals surface area contributed by atoms with Gasteiger partial charge in [-0.15, -0.1) is 0 Å². The summed E-state index contributed by atoms with van der Waals surface area (Å²) in [6, 6.07) is 11.3. The molecule has 2 aromatic rings. The first-order valence-corrected chi connectivity index (χ1v) is 14.0. The minimum Gasteiger partial charge on any atom is -0.411 e. The Morgan fingerprint density at radius 1 is 0.568 bits per heavy atom. The van der Waals surface area contributed by atoms with E-state index in [0.717, 1.165) is 37.1 Å². The van der Waals surface area contributed by atoms with Crippen molar-refractivity contribution in [1.29, 1.82) is 0 Å². The molecule has 0 amide bonds. The average Bonchev–Trinajstić information content (AvgIpc) is 2.93. The molecule has 0 aliphatic rings. The number of rotatable bonds is 18. The van der Waals surface area contributed by atoms with Gasteiger partial charge in [0.05, 0.1) is 11.4 Å². The number of hydrogen-bond acceptors (Lipinski definition) is 6. The van der Waals surface area contributed by atoms with Crippen molar-refractivity contribution >= 4 is 11.4 Å². The van der Waals surface area contributed by atoms with E-state index in [4.69, 9.17) is 10.4 Å². The molecule has 0 radical (unpaired) electrons. The molecule has 0 fully saturated rings. The third kappa shape index (κ3) is 17.8. The molecule has 37 heavy (non-hydrogen) atoms. The van der Waals surface area contributed by atoms with E-state index in [1.807, 2.05) is 36.4 Å². The first-order valence-electron chi connectivity index (χ1n) is 14.0. The Kier molecular flexibility index (Phi) is 23.9. The Labute approximate surface area is 235 Å². The molecule has 0 aliphatic heterocycles. The van der Waals surface area contributed by atoms with Crippen LogP contribution < -0.4 is 0 Å². The molecular formula is C30H48FeN4O2. The van der Waals surface area contributed by atoms with E-state index in [2.05, 4.69) is 34.1 Å². The van der Waals surface area contributed by atoms with Crippen LogP contribution in [0.5, 0.6) is 0 Å². The van der Waals surface area contributed by atoms with Crippen LogP contribution in [0.1, 0.15) is 128 Å². The summed E-state index contributed by atoms with van der Waals surface area (Å²) in [6.45, 7) is 4.47. The summed E-state index contributed by atoms with van der Waals surface area (Å²) in [4.78, 5) is 8.40. The van der Waals surface area contributed by atoms with Crippen LogP contribution >= 0.6 is 0 Å². The van der Waals surface area contributed by atoms with Crippen molar-refractivity contribution in [3.05, 3.63) is 60.2 Å². The Balaban J connectivity index is 0.000000682. The van der Waals surface area contributed by atoms with Gasteiger partial charge in [0, 0.05) is 29.5 Å². The zero-order chi connectivity index (χ0) is 26.1. The minimum atomic E-state index is 0. The van der Waals surface area contributed by atoms with Crippen LogP contribution in [0, 0.1) is 0 Å². The Bertz CT molecular complexity index is 747. The number of pyridine rings is 2.